The van der Waals surface area contributed by atoms with Crippen LogP contribution in [-0.2, 0) is 6.61 Å². The van der Waals surface area contributed by atoms with Gasteiger partial charge in [0.25, 0.3) is 0 Å². The first-order valence-corrected chi connectivity index (χ1v) is 7.14. The maximum atomic E-state index is 13.0. The maximum Gasteiger partial charge on any atom is 0.124 e. The van der Waals surface area contributed by atoms with Crippen LogP contribution in [0.1, 0.15) is 16.7 Å². The number of thiocarbonyl (C=S) groups is 1. The van der Waals surface area contributed by atoms with Crippen LogP contribution in [0, 0.1) is 12.7 Å². The van der Waals surface area contributed by atoms with Crippen molar-refractivity contribution in [3.8, 4) is 5.75 Å². The van der Waals surface area contributed by atoms with Crippen molar-refractivity contribution in [3.05, 3.63) is 63.4 Å². The summed E-state index contributed by atoms with van der Waals surface area (Å²) in [5, 5.41) is 0. The first-order chi connectivity index (χ1) is 9.47. The zero-order valence-electron chi connectivity index (χ0n) is 10.8. The lowest BCUT2D eigenvalue weighted by atomic mass is 10.1. The average molecular weight is 354 g/mol. The molecule has 0 aliphatic rings. The Labute approximate surface area is 130 Å². The fourth-order valence-corrected chi connectivity index (χ4v) is 2.30. The zero-order valence-corrected chi connectivity index (χ0v) is 13.2. The largest absolute Gasteiger partial charge is 0.489 e. The predicted octanol–water partition coefficient (Wildman–Crippen LogP) is 4.11. The molecule has 2 N–H and O–H groups in total. The van der Waals surface area contributed by atoms with Crippen LogP contribution in [0.4, 0.5) is 4.39 Å². The van der Waals surface area contributed by atoms with Gasteiger partial charge in [0.1, 0.15) is 23.2 Å². The van der Waals surface area contributed by atoms with Crippen LogP contribution >= 0.6 is 28.1 Å². The molecule has 2 aromatic rings. The molecule has 0 unspecified atom stereocenters. The van der Waals surface area contributed by atoms with Gasteiger partial charge in [-0.1, -0.05) is 46.3 Å². The topological polar surface area (TPSA) is 35.2 Å². The summed E-state index contributed by atoms with van der Waals surface area (Å²) in [7, 11) is 0. The molecule has 0 saturated heterocycles. The Balaban J connectivity index is 2.18. The summed E-state index contributed by atoms with van der Waals surface area (Å²) in [4.78, 5) is 0.331. The van der Waals surface area contributed by atoms with Gasteiger partial charge in [0.05, 0.1) is 0 Å². The number of benzene rings is 2. The number of aryl methyl sites for hydroxylation is 1. The summed E-state index contributed by atoms with van der Waals surface area (Å²) in [5.41, 5.74) is 8.23. The molecule has 0 amide bonds. The number of hydrogen-bond acceptors (Lipinski definition) is 2. The fraction of sp³-hybridized carbons (Fsp3) is 0.133. The molecule has 104 valence electrons. The molecule has 5 heteroatoms. The SMILES string of the molecule is Cc1ccc(C(N)=S)cc1OCc1ccc(F)cc1Br. The van der Waals surface area contributed by atoms with Gasteiger partial charge in [-0.25, -0.2) is 4.39 Å². The van der Waals surface area contributed by atoms with E-state index in [0.29, 0.717) is 21.8 Å². The van der Waals surface area contributed by atoms with Crippen molar-refractivity contribution >= 4 is 33.1 Å². The Hall–Kier alpha value is -1.46. The van der Waals surface area contributed by atoms with Gasteiger partial charge >= 0.3 is 0 Å². The van der Waals surface area contributed by atoms with Gasteiger partial charge in [-0.2, -0.15) is 0 Å². The van der Waals surface area contributed by atoms with Crippen molar-refractivity contribution < 1.29 is 9.13 Å². The van der Waals surface area contributed by atoms with Gasteiger partial charge in [-0.15, -0.1) is 0 Å². The highest BCUT2D eigenvalue weighted by Gasteiger charge is 2.06. The second kappa shape index (κ2) is 6.33. The second-order valence-electron chi connectivity index (χ2n) is 4.37. The van der Waals surface area contributed by atoms with Crippen LogP contribution in [0.2, 0.25) is 0 Å². The molecule has 0 radical (unpaired) electrons. The number of halogens is 2. The second-order valence-corrected chi connectivity index (χ2v) is 5.66. The standard InChI is InChI=1S/C15H13BrFNOS/c1-9-2-3-10(15(18)20)6-14(9)19-8-11-4-5-12(17)7-13(11)16/h2-7H,8H2,1H3,(H2,18,20). The average Bonchev–Trinajstić information content (AvgIpc) is 2.39. The number of rotatable bonds is 4. The van der Waals surface area contributed by atoms with E-state index in [0.717, 1.165) is 16.7 Å². The first-order valence-electron chi connectivity index (χ1n) is 5.94. The third kappa shape index (κ3) is 3.55. The number of nitrogens with two attached hydrogens (primary N) is 1. The van der Waals surface area contributed by atoms with Crippen molar-refractivity contribution in [1.29, 1.82) is 0 Å². The van der Waals surface area contributed by atoms with E-state index in [4.69, 9.17) is 22.7 Å². The molecule has 0 spiro atoms. The van der Waals surface area contributed by atoms with Gasteiger partial charge in [-0.05, 0) is 30.7 Å². The van der Waals surface area contributed by atoms with E-state index in [1.807, 2.05) is 25.1 Å². The van der Waals surface area contributed by atoms with Gasteiger partial charge in [0.15, 0.2) is 0 Å². The van der Waals surface area contributed by atoms with Crippen LogP contribution in [0.3, 0.4) is 0 Å². The molecule has 2 nitrogen and oxygen atoms in total. The highest BCUT2D eigenvalue weighted by molar-refractivity contribution is 9.10. The molecule has 0 aromatic heterocycles. The monoisotopic (exact) mass is 353 g/mol. The third-order valence-corrected chi connectivity index (χ3v) is 3.84. The molecule has 0 atom stereocenters. The summed E-state index contributed by atoms with van der Waals surface area (Å²) < 4.78 is 19.5. The van der Waals surface area contributed by atoms with Crippen LogP contribution in [0.15, 0.2) is 40.9 Å². The molecule has 0 bridgehead atoms. The van der Waals surface area contributed by atoms with Crippen LogP contribution < -0.4 is 10.5 Å². The van der Waals surface area contributed by atoms with Gasteiger partial charge < -0.3 is 10.5 Å². The lowest BCUT2D eigenvalue weighted by molar-refractivity contribution is 0.303. The highest BCUT2D eigenvalue weighted by Crippen LogP contribution is 2.23. The van der Waals surface area contributed by atoms with Crippen molar-refractivity contribution in [2.75, 3.05) is 0 Å². The quantitative estimate of drug-likeness (QED) is 0.840. The molecule has 2 aromatic carbocycles. The lowest BCUT2D eigenvalue weighted by Gasteiger charge is -2.11. The Kier molecular flexibility index (Phi) is 4.73. The summed E-state index contributed by atoms with van der Waals surface area (Å²) in [6.45, 7) is 2.28. The number of hydrogen-bond donors (Lipinski definition) is 1. The van der Waals surface area contributed by atoms with Crippen LogP contribution in [0.25, 0.3) is 0 Å². The predicted molar refractivity (Wildman–Crippen MR) is 85.5 cm³/mol. The minimum absolute atomic E-state index is 0.285. The number of ether oxygens (including phenoxy) is 1. The minimum atomic E-state index is -0.285. The summed E-state index contributed by atoms with van der Waals surface area (Å²) in [5.74, 6) is 0.429. The van der Waals surface area contributed by atoms with Crippen molar-refractivity contribution in [3.63, 3.8) is 0 Å². The zero-order chi connectivity index (χ0) is 14.7. The molecule has 0 fully saturated rings. The molecular formula is C15H13BrFNOS. The Bertz CT molecular complexity index is 660. The highest BCUT2D eigenvalue weighted by atomic mass is 79.9. The smallest absolute Gasteiger partial charge is 0.124 e. The van der Waals surface area contributed by atoms with E-state index in [2.05, 4.69) is 15.9 Å². The summed E-state index contributed by atoms with van der Waals surface area (Å²) in [6.07, 6.45) is 0. The Morgan fingerprint density at radius 3 is 2.70 bits per heavy atom. The first kappa shape index (κ1) is 14.9. The van der Waals surface area contributed by atoms with Gasteiger partial charge in [0, 0.05) is 15.6 Å². The van der Waals surface area contributed by atoms with E-state index in [9.17, 15) is 4.39 Å². The van der Waals surface area contributed by atoms with E-state index in [1.165, 1.54) is 12.1 Å². The van der Waals surface area contributed by atoms with E-state index < -0.39 is 0 Å². The van der Waals surface area contributed by atoms with E-state index >= 15 is 0 Å². The van der Waals surface area contributed by atoms with Crippen molar-refractivity contribution in [2.24, 2.45) is 5.73 Å². The molecule has 0 aliphatic carbocycles. The molecule has 0 aliphatic heterocycles. The van der Waals surface area contributed by atoms with Crippen molar-refractivity contribution in [2.45, 2.75) is 13.5 Å². The van der Waals surface area contributed by atoms with Gasteiger partial charge in [0.2, 0.25) is 0 Å². The maximum absolute atomic E-state index is 13.0. The Morgan fingerprint density at radius 2 is 2.05 bits per heavy atom. The van der Waals surface area contributed by atoms with Crippen LogP contribution in [0.5, 0.6) is 5.75 Å². The molecule has 20 heavy (non-hydrogen) atoms. The van der Waals surface area contributed by atoms with Crippen molar-refractivity contribution in [1.82, 2.24) is 0 Å². The summed E-state index contributed by atoms with van der Waals surface area (Å²) >= 11 is 8.27. The molecular weight excluding hydrogens is 341 g/mol. The fourth-order valence-electron chi connectivity index (χ4n) is 1.70. The third-order valence-electron chi connectivity index (χ3n) is 2.87. The van der Waals surface area contributed by atoms with E-state index in [1.54, 1.807) is 6.07 Å². The lowest BCUT2D eigenvalue weighted by Crippen LogP contribution is -2.09. The molecule has 0 saturated carbocycles. The normalized spacial score (nSPS) is 10.3. The van der Waals surface area contributed by atoms with E-state index in [-0.39, 0.29) is 5.82 Å². The molecule has 0 heterocycles. The van der Waals surface area contributed by atoms with Gasteiger partial charge in [-0.3, -0.25) is 0 Å². The Morgan fingerprint density at radius 1 is 1.30 bits per heavy atom. The minimum Gasteiger partial charge on any atom is -0.489 e. The summed E-state index contributed by atoms with van der Waals surface area (Å²) in [6, 6.07) is 10.1. The molecule has 2 rings (SSSR count). The van der Waals surface area contributed by atoms with Crippen LogP contribution in [-0.4, -0.2) is 4.99 Å².